The van der Waals surface area contributed by atoms with Gasteiger partial charge >= 0.3 is 0 Å². The van der Waals surface area contributed by atoms with Gasteiger partial charge in [0, 0.05) is 38.1 Å². The fourth-order valence-corrected chi connectivity index (χ4v) is 5.79. The molecule has 0 aromatic heterocycles. The van der Waals surface area contributed by atoms with Crippen molar-refractivity contribution in [3.63, 3.8) is 0 Å². The van der Waals surface area contributed by atoms with Crippen LogP contribution in [-0.2, 0) is 19.6 Å². The molecule has 2 aliphatic heterocycles. The Morgan fingerprint density at radius 2 is 1.83 bits per heavy atom. The van der Waals surface area contributed by atoms with Crippen molar-refractivity contribution in [3.05, 3.63) is 29.3 Å². The van der Waals surface area contributed by atoms with Crippen LogP contribution in [0.3, 0.4) is 0 Å². The molecule has 0 aliphatic carbocycles. The number of amides is 2. The predicted molar refractivity (Wildman–Crippen MR) is 111 cm³/mol. The first-order valence-corrected chi connectivity index (χ1v) is 11.7. The molecule has 0 saturated carbocycles. The van der Waals surface area contributed by atoms with E-state index in [-0.39, 0.29) is 36.2 Å². The van der Waals surface area contributed by atoms with Gasteiger partial charge in [0.1, 0.15) is 0 Å². The van der Waals surface area contributed by atoms with Crippen molar-refractivity contribution in [2.75, 3.05) is 19.6 Å². The Kier molecular flexibility index (Phi) is 6.33. The van der Waals surface area contributed by atoms with Gasteiger partial charge in [-0.1, -0.05) is 12.1 Å². The lowest BCUT2D eigenvalue weighted by Gasteiger charge is -2.33. The summed E-state index contributed by atoms with van der Waals surface area (Å²) in [5.74, 6) is -0.236. The third-order valence-electron chi connectivity index (χ3n) is 5.89. The van der Waals surface area contributed by atoms with E-state index in [1.165, 1.54) is 0 Å². The topological polar surface area (TPSA) is 86.8 Å². The molecule has 2 amide bonds. The number of nitrogens with zero attached hydrogens (tertiary/aromatic N) is 2. The normalized spacial score (nSPS) is 21.3. The predicted octanol–water partition coefficient (Wildman–Crippen LogP) is 1.83. The monoisotopic (exact) mass is 421 g/mol. The minimum Gasteiger partial charge on any atom is -0.342 e. The summed E-state index contributed by atoms with van der Waals surface area (Å²) < 4.78 is 28.4. The summed E-state index contributed by atoms with van der Waals surface area (Å²) in [6, 6.07) is 5.31. The second-order valence-electron chi connectivity index (χ2n) is 8.53. The smallest absolute Gasteiger partial charge is 0.241 e. The van der Waals surface area contributed by atoms with Gasteiger partial charge in [-0.05, 0) is 57.7 Å². The highest BCUT2D eigenvalue weighted by Gasteiger charge is 2.38. The van der Waals surface area contributed by atoms with Gasteiger partial charge in [-0.2, -0.15) is 0 Å². The lowest BCUT2D eigenvalue weighted by molar-refractivity contribution is -0.136. The van der Waals surface area contributed by atoms with Crippen LogP contribution >= 0.6 is 0 Å². The summed E-state index contributed by atoms with van der Waals surface area (Å²) in [5, 5.41) is 0. The van der Waals surface area contributed by atoms with E-state index >= 15 is 0 Å². The zero-order chi connectivity index (χ0) is 21.3. The molecule has 1 N–H and O–H groups in total. The van der Waals surface area contributed by atoms with Crippen molar-refractivity contribution in [3.8, 4) is 0 Å². The molecule has 2 saturated heterocycles. The number of likely N-dealkylation sites (tertiary alicyclic amines) is 2. The van der Waals surface area contributed by atoms with E-state index in [2.05, 4.69) is 4.72 Å². The number of hydrogen-bond donors (Lipinski definition) is 1. The molecule has 0 bridgehead atoms. The molecule has 2 heterocycles. The molecule has 3 rings (SSSR count). The van der Waals surface area contributed by atoms with E-state index in [1.54, 1.807) is 22.8 Å². The molecule has 0 radical (unpaired) electrons. The minimum atomic E-state index is -3.60. The summed E-state index contributed by atoms with van der Waals surface area (Å²) in [7, 11) is -3.60. The maximum Gasteiger partial charge on any atom is 0.241 e. The van der Waals surface area contributed by atoms with Gasteiger partial charge in [-0.3, -0.25) is 9.59 Å². The molecule has 1 unspecified atom stereocenters. The zero-order valence-corrected chi connectivity index (χ0v) is 18.5. The van der Waals surface area contributed by atoms with Crippen molar-refractivity contribution in [2.45, 2.75) is 63.9 Å². The first-order valence-electron chi connectivity index (χ1n) is 10.3. The van der Waals surface area contributed by atoms with Crippen LogP contribution in [0.15, 0.2) is 23.1 Å². The summed E-state index contributed by atoms with van der Waals surface area (Å²) in [5.41, 5.74) is 1.62. The molecule has 1 aromatic rings. The molecular formula is C21H31N3O4S. The molecule has 2 aliphatic rings. The fraction of sp³-hybridized carbons (Fsp3) is 0.619. The maximum absolute atomic E-state index is 12.8. The third-order valence-corrected chi connectivity index (χ3v) is 7.56. The highest BCUT2D eigenvalue weighted by atomic mass is 32.2. The van der Waals surface area contributed by atoms with Crippen molar-refractivity contribution in [1.29, 1.82) is 0 Å². The number of sulfonamides is 1. The van der Waals surface area contributed by atoms with E-state index in [0.717, 1.165) is 11.1 Å². The second kappa shape index (κ2) is 8.44. The quantitative estimate of drug-likeness (QED) is 0.786. The zero-order valence-electron chi connectivity index (χ0n) is 17.6. The number of nitrogens with one attached hydrogen (secondary N) is 1. The SMILES string of the molecule is Cc1ccc(C)c(S(=O)(=O)NC2CCN(C(=O)C3CC(=O)N(C(C)C)C3)CC2)c1. The molecular weight excluding hydrogens is 390 g/mol. The van der Waals surface area contributed by atoms with E-state index in [9.17, 15) is 18.0 Å². The van der Waals surface area contributed by atoms with E-state index in [1.807, 2.05) is 32.9 Å². The minimum absolute atomic E-state index is 0.0114. The van der Waals surface area contributed by atoms with Gasteiger partial charge in [0.2, 0.25) is 21.8 Å². The fourth-order valence-electron chi connectivity index (χ4n) is 4.15. The molecule has 7 nitrogen and oxygen atoms in total. The van der Waals surface area contributed by atoms with Gasteiger partial charge < -0.3 is 9.80 Å². The number of carbonyl (C=O) groups is 2. The standard InChI is InChI=1S/C21H31N3O4S/c1-14(2)24-13-17(12-20(24)25)21(26)23-9-7-18(8-10-23)22-29(27,28)19-11-15(3)5-6-16(19)4/h5-6,11,14,17-18,22H,7-10,12-13H2,1-4H3. The van der Waals surface area contributed by atoms with Crippen molar-refractivity contribution < 1.29 is 18.0 Å². The van der Waals surface area contributed by atoms with Crippen LogP contribution in [0.1, 0.15) is 44.2 Å². The first kappa shape index (κ1) is 21.8. The van der Waals surface area contributed by atoms with Crippen molar-refractivity contribution in [1.82, 2.24) is 14.5 Å². The number of piperidine rings is 1. The molecule has 2 fully saturated rings. The van der Waals surface area contributed by atoms with Crippen molar-refractivity contribution >= 4 is 21.8 Å². The Morgan fingerprint density at radius 1 is 1.17 bits per heavy atom. The summed E-state index contributed by atoms with van der Waals surface area (Å²) >= 11 is 0. The Hall–Kier alpha value is -1.93. The number of benzene rings is 1. The molecule has 160 valence electrons. The van der Waals surface area contributed by atoms with Crippen LogP contribution in [0.2, 0.25) is 0 Å². The van der Waals surface area contributed by atoms with Gasteiger partial charge in [-0.25, -0.2) is 13.1 Å². The van der Waals surface area contributed by atoms with Crippen LogP contribution in [-0.4, -0.2) is 61.7 Å². The van der Waals surface area contributed by atoms with Crippen LogP contribution < -0.4 is 4.72 Å². The molecule has 0 spiro atoms. The first-order chi connectivity index (χ1) is 13.6. The Bertz CT molecular complexity index is 889. The van der Waals surface area contributed by atoms with Crippen LogP contribution in [0, 0.1) is 19.8 Å². The third kappa shape index (κ3) is 4.80. The highest BCUT2D eigenvalue weighted by Crippen LogP contribution is 2.24. The van der Waals surface area contributed by atoms with Gasteiger partial charge in [-0.15, -0.1) is 0 Å². The average molecular weight is 422 g/mol. The lowest BCUT2D eigenvalue weighted by atomic mass is 10.0. The maximum atomic E-state index is 12.8. The largest absolute Gasteiger partial charge is 0.342 e. The molecule has 1 atom stereocenters. The van der Waals surface area contributed by atoms with Crippen LogP contribution in [0.4, 0.5) is 0 Å². The highest BCUT2D eigenvalue weighted by molar-refractivity contribution is 7.89. The summed E-state index contributed by atoms with van der Waals surface area (Å²) in [6.07, 6.45) is 1.42. The van der Waals surface area contributed by atoms with E-state index < -0.39 is 10.0 Å². The van der Waals surface area contributed by atoms with Gasteiger partial charge in [0.25, 0.3) is 0 Å². The average Bonchev–Trinajstić information content (AvgIpc) is 3.05. The van der Waals surface area contributed by atoms with Gasteiger partial charge in [0.05, 0.1) is 10.8 Å². The second-order valence-corrected chi connectivity index (χ2v) is 10.2. The Labute approximate surface area is 173 Å². The van der Waals surface area contributed by atoms with Gasteiger partial charge in [0.15, 0.2) is 0 Å². The molecule has 1 aromatic carbocycles. The number of carbonyl (C=O) groups excluding carboxylic acids is 2. The number of aryl methyl sites for hydroxylation is 2. The Morgan fingerprint density at radius 3 is 2.41 bits per heavy atom. The summed E-state index contributed by atoms with van der Waals surface area (Å²) in [6.45, 7) is 9.07. The van der Waals surface area contributed by atoms with Crippen molar-refractivity contribution in [2.24, 2.45) is 5.92 Å². The number of hydrogen-bond acceptors (Lipinski definition) is 4. The molecule has 8 heteroatoms. The lowest BCUT2D eigenvalue weighted by Crippen LogP contribution is -2.48. The van der Waals surface area contributed by atoms with Crippen LogP contribution in [0.25, 0.3) is 0 Å². The van der Waals surface area contributed by atoms with Crippen LogP contribution in [0.5, 0.6) is 0 Å². The Balaban J connectivity index is 1.57. The molecule has 29 heavy (non-hydrogen) atoms. The van der Waals surface area contributed by atoms with E-state index in [0.29, 0.717) is 37.4 Å². The summed E-state index contributed by atoms with van der Waals surface area (Å²) in [4.78, 5) is 28.8. The number of rotatable bonds is 5. The van der Waals surface area contributed by atoms with E-state index in [4.69, 9.17) is 0 Å².